The number of aliphatic hydroxyl groups is 1. The smallest absolute Gasteiger partial charge is 0.168 e. The van der Waals surface area contributed by atoms with E-state index in [2.05, 4.69) is 0 Å². The molecule has 0 radical (unpaired) electrons. The van der Waals surface area contributed by atoms with Gasteiger partial charge in [-0.3, -0.25) is 0 Å². The average Bonchev–Trinajstić information content (AvgIpc) is 2.44. The lowest BCUT2D eigenvalue weighted by Crippen LogP contribution is -2.05. The van der Waals surface area contributed by atoms with Gasteiger partial charge in [0.2, 0.25) is 0 Å². The Balaban J connectivity index is 2.23. The Bertz CT molecular complexity index is 614. The van der Waals surface area contributed by atoms with Crippen molar-refractivity contribution in [3.8, 4) is 5.75 Å². The third kappa shape index (κ3) is 2.93. The normalized spacial score (nSPS) is 12.2. The summed E-state index contributed by atoms with van der Waals surface area (Å²) >= 11 is 0. The maximum absolute atomic E-state index is 13.9. The third-order valence-electron chi connectivity index (χ3n) is 3.00. The van der Waals surface area contributed by atoms with Gasteiger partial charge in [-0.25, -0.2) is 13.2 Å². The zero-order chi connectivity index (χ0) is 14.7. The second kappa shape index (κ2) is 5.96. The van der Waals surface area contributed by atoms with E-state index in [-0.39, 0.29) is 23.3 Å². The summed E-state index contributed by atoms with van der Waals surface area (Å²) in [7, 11) is 1.34. The zero-order valence-electron chi connectivity index (χ0n) is 10.7. The fraction of sp³-hybridized carbons (Fsp3) is 0.200. The van der Waals surface area contributed by atoms with Gasteiger partial charge in [0.1, 0.15) is 0 Å². The maximum Gasteiger partial charge on any atom is 0.168 e. The van der Waals surface area contributed by atoms with Crippen molar-refractivity contribution in [3.05, 3.63) is 65.0 Å². The van der Waals surface area contributed by atoms with Gasteiger partial charge in [0.25, 0.3) is 0 Å². The summed E-state index contributed by atoms with van der Waals surface area (Å²) in [6.45, 7) is 0. The fourth-order valence-electron chi connectivity index (χ4n) is 1.92. The van der Waals surface area contributed by atoms with Crippen LogP contribution in [0.1, 0.15) is 17.2 Å². The molecular formula is C15H13F3O2. The van der Waals surface area contributed by atoms with Crippen LogP contribution >= 0.6 is 0 Å². The lowest BCUT2D eigenvalue weighted by atomic mass is 10.0. The van der Waals surface area contributed by atoms with E-state index in [1.807, 2.05) is 0 Å². The molecule has 1 unspecified atom stereocenters. The molecule has 2 nitrogen and oxygen atoms in total. The second-order valence-corrected chi connectivity index (χ2v) is 4.33. The molecule has 5 heteroatoms. The van der Waals surface area contributed by atoms with E-state index < -0.39 is 23.6 Å². The highest BCUT2D eigenvalue weighted by molar-refractivity contribution is 5.32. The summed E-state index contributed by atoms with van der Waals surface area (Å²) in [6, 6.07) is 7.65. The van der Waals surface area contributed by atoms with Crippen molar-refractivity contribution in [3.63, 3.8) is 0 Å². The molecule has 0 saturated heterocycles. The Morgan fingerprint density at radius 3 is 2.50 bits per heavy atom. The van der Waals surface area contributed by atoms with E-state index in [1.165, 1.54) is 25.3 Å². The molecule has 0 aliphatic carbocycles. The Morgan fingerprint density at radius 2 is 1.85 bits per heavy atom. The van der Waals surface area contributed by atoms with E-state index in [0.717, 1.165) is 12.1 Å². The van der Waals surface area contributed by atoms with Crippen LogP contribution in [0.3, 0.4) is 0 Å². The summed E-state index contributed by atoms with van der Waals surface area (Å²) in [6.07, 6.45) is -1.19. The molecule has 0 fully saturated rings. The van der Waals surface area contributed by atoms with Crippen LogP contribution < -0.4 is 4.74 Å². The standard InChI is InChI=1S/C15H13F3O2/c1-20-14-4-2-3-10(15(14)18)8-13(19)9-5-6-11(16)12(17)7-9/h2-7,13,19H,8H2,1H3. The highest BCUT2D eigenvalue weighted by Gasteiger charge is 2.15. The first-order valence-electron chi connectivity index (χ1n) is 5.97. The van der Waals surface area contributed by atoms with Gasteiger partial charge in [-0.15, -0.1) is 0 Å². The molecule has 0 heterocycles. The molecule has 0 saturated carbocycles. The van der Waals surface area contributed by atoms with Gasteiger partial charge >= 0.3 is 0 Å². The van der Waals surface area contributed by atoms with Crippen molar-refractivity contribution in [2.45, 2.75) is 12.5 Å². The Kier molecular flexibility index (Phi) is 4.29. The van der Waals surface area contributed by atoms with Crippen LogP contribution in [0, 0.1) is 17.5 Å². The Morgan fingerprint density at radius 1 is 1.10 bits per heavy atom. The van der Waals surface area contributed by atoms with Gasteiger partial charge in [0, 0.05) is 6.42 Å². The molecule has 1 atom stereocenters. The largest absolute Gasteiger partial charge is 0.494 e. The predicted molar refractivity (Wildman–Crippen MR) is 68.0 cm³/mol. The number of benzene rings is 2. The predicted octanol–water partition coefficient (Wildman–Crippen LogP) is 3.39. The Labute approximate surface area is 114 Å². The number of ether oxygens (including phenoxy) is 1. The lowest BCUT2D eigenvalue weighted by Gasteiger charge is -2.13. The van der Waals surface area contributed by atoms with Crippen LogP contribution in [0.2, 0.25) is 0 Å². The van der Waals surface area contributed by atoms with Gasteiger partial charge in [0.15, 0.2) is 23.2 Å². The molecule has 0 amide bonds. The first kappa shape index (κ1) is 14.4. The van der Waals surface area contributed by atoms with Crippen molar-refractivity contribution >= 4 is 0 Å². The molecular weight excluding hydrogens is 269 g/mol. The monoisotopic (exact) mass is 282 g/mol. The van der Waals surface area contributed by atoms with Crippen LogP contribution in [-0.2, 0) is 6.42 Å². The van der Waals surface area contributed by atoms with E-state index in [1.54, 1.807) is 6.07 Å². The van der Waals surface area contributed by atoms with E-state index in [9.17, 15) is 18.3 Å². The summed E-state index contributed by atoms with van der Waals surface area (Å²) in [5.41, 5.74) is 0.424. The minimum Gasteiger partial charge on any atom is -0.494 e. The van der Waals surface area contributed by atoms with Gasteiger partial charge < -0.3 is 9.84 Å². The van der Waals surface area contributed by atoms with Crippen LogP contribution in [0.15, 0.2) is 36.4 Å². The molecule has 20 heavy (non-hydrogen) atoms. The Hall–Kier alpha value is -2.01. The average molecular weight is 282 g/mol. The highest BCUT2D eigenvalue weighted by atomic mass is 19.2. The molecule has 0 aromatic heterocycles. The number of aliphatic hydroxyl groups excluding tert-OH is 1. The third-order valence-corrected chi connectivity index (χ3v) is 3.00. The van der Waals surface area contributed by atoms with E-state index >= 15 is 0 Å². The lowest BCUT2D eigenvalue weighted by molar-refractivity contribution is 0.176. The number of rotatable bonds is 4. The quantitative estimate of drug-likeness (QED) is 0.931. The molecule has 2 aromatic carbocycles. The van der Waals surface area contributed by atoms with Crippen molar-refractivity contribution in [1.29, 1.82) is 0 Å². The number of halogens is 3. The molecule has 2 rings (SSSR count). The maximum atomic E-state index is 13.9. The van der Waals surface area contributed by atoms with Gasteiger partial charge in [-0.2, -0.15) is 0 Å². The van der Waals surface area contributed by atoms with Crippen LogP contribution in [0.25, 0.3) is 0 Å². The van der Waals surface area contributed by atoms with Gasteiger partial charge in [-0.05, 0) is 29.3 Å². The molecule has 0 spiro atoms. The topological polar surface area (TPSA) is 29.5 Å². The van der Waals surface area contributed by atoms with E-state index in [0.29, 0.717) is 0 Å². The summed E-state index contributed by atoms with van der Waals surface area (Å²) in [5.74, 6) is -2.54. The fourth-order valence-corrected chi connectivity index (χ4v) is 1.92. The van der Waals surface area contributed by atoms with Crippen LogP contribution in [-0.4, -0.2) is 12.2 Å². The summed E-state index contributed by atoms with van der Waals surface area (Å²) < 4.78 is 44.7. The van der Waals surface area contributed by atoms with Crippen molar-refractivity contribution in [2.24, 2.45) is 0 Å². The molecule has 2 aromatic rings. The van der Waals surface area contributed by atoms with Crippen molar-refractivity contribution in [2.75, 3.05) is 7.11 Å². The molecule has 0 aliphatic rings. The zero-order valence-corrected chi connectivity index (χ0v) is 10.7. The first-order chi connectivity index (χ1) is 9.52. The first-order valence-corrected chi connectivity index (χ1v) is 5.97. The molecule has 106 valence electrons. The number of hydrogen-bond donors (Lipinski definition) is 1. The minimum atomic E-state index is -1.13. The summed E-state index contributed by atoms with van der Waals surface area (Å²) in [5, 5.41) is 9.98. The highest BCUT2D eigenvalue weighted by Crippen LogP contribution is 2.25. The molecule has 0 aliphatic heterocycles. The number of methoxy groups -OCH3 is 1. The summed E-state index contributed by atoms with van der Waals surface area (Å²) in [4.78, 5) is 0. The van der Waals surface area contributed by atoms with Crippen molar-refractivity contribution in [1.82, 2.24) is 0 Å². The molecule has 1 N–H and O–H groups in total. The second-order valence-electron chi connectivity index (χ2n) is 4.33. The van der Waals surface area contributed by atoms with Gasteiger partial charge in [-0.1, -0.05) is 18.2 Å². The van der Waals surface area contributed by atoms with Crippen LogP contribution in [0.5, 0.6) is 5.75 Å². The van der Waals surface area contributed by atoms with E-state index in [4.69, 9.17) is 4.74 Å². The SMILES string of the molecule is COc1cccc(CC(O)c2ccc(F)c(F)c2)c1F. The number of hydrogen-bond acceptors (Lipinski definition) is 2. The van der Waals surface area contributed by atoms with Gasteiger partial charge in [0.05, 0.1) is 13.2 Å². The molecule has 0 bridgehead atoms. The van der Waals surface area contributed by atoms with Crippen LogP contribution in [0.4, 0.5) is 13.2 Å². The minimum absolute atomic E-state index is 0.0614. The van der Waals surface area contributed by atoms with Crippen molar-refractivity contribution < 1.29 is 23.0 Å².